The maximum atomic E-state index is 13.1. The molecule has 0 radical (unpaired) electrons. The van der Waals surface area contributed by atoms with Crippen LogP contribution in [0.1, 0.15) is 6.92 Å². The topological polar surface area (TPSA) is 87.7 Å². The van der Waals surface area contributed by atoms with Crippen LogP contribution < -0.4 is 14.8 Å². The summed E-state index contributed by atoms with van der Waals surface area (Å²) in [6.45, 7) is 1.58. The Balaban J connectivity index is 2.06. The highest BCUT2D eigenvalue weighted by molar-refractivity contribution is 7.92. The Morgan fingerprint density at radius 1 is 1.28 bits per heavy atom. The first-order chi connectivity index (χ1) is 11.7. The molecule has 25 heavy (non-hydrogen) atoms. The lowest BCUT2D eigenvalue weighted by molar-refractivity contribution is 0.0547. The van der Waals surface area contributed by atoms with Crippen LogP contribution in [-0.2, 0) is 10.0 Å². The number of hydrogen-bond acceptors (Lipinski definition) is 5. The fourth-order valence-corrected chi connectivity index (χ4v) is 4.11. The first-order valence-electron chi connectivity index (χ1n) is 7.10. The average molecular weight is 407 g/mol. The van der Waals surface area contributed by atoms with Gasteiger partial charge in [0.25, 0.3) is 10.0 Å². The van der Waals surface area contributed by atoms with Crippen LogP contribution in [0.3, 0.4) is 0 Å². The molecule has 1 aliphatic rings. The molecule has 1 heterocycles. The minimum Gasteiger partial charge on any atom is -0.482 e. The van der Waals surface area contributed by atoms with Crippen molar-refractivity contribution in [3.05, 3.63) is 46.2 Å². The Hall–Kier alpha value is -1.74. The van der Waals surface area contributed by atoms with Crippen LogP contribution in [0.5, 0.6) is 5.75 Å². The van der Waals surface area contributed by atoms with Crippen molar-refractivity contribution in [1.82, 2.24) is 0 Å². The molecule has 0 amide bonds. The Labute approximate surface area is 153 Å². The van der Waals surface area contributed by atoms with E-state index in [2.05, 4.69) is 10.0 Å². The highest BCUT2D eigenvalue weighted by atomic mass is 35.5. The highest BCUT2D eigenvalue weighted by Crippen LogP contribution is 2.40. The fraction of sp³-hybridized carbons (Fsp3) is 0.200. The average Bonchev–Trinajstić information content (AvgIpc) is 2.51. The second-order valence-corrected chi connectivity index (χ2v) is 7.92. The largest absolute Gasteiger partial charge is 0.482 e. The molecule has 0 spiro atoms. The number of hydrogen-bond donors (Lipinski definition) is 3. The minimum atomic E-state index is -4.14. The summed E-state index contributed by atoms with van der Waals surface area (Å²) in [6, 6.07) is 5.93. The zero-order valence-electron chi connectivity index (χ0n) is 12.8. The molecule has 6 nitrogen and oxygen atoms in total. The third kappa shape index (κ3) is 3.62. The first-order valence-corrected chi connectivity index (χ1v) is 9.34. The fourth-order valence-electron chi connectivity index (χ4n) is 2.30. The molecular weight excluding hydrogens is 394 g/mol. The SMILES string of the molecule is CC1Oc2c(cc(Cl)cc2S(=O)(=O)Nc2ccc(F)cc2Cl)NC1O. The predicted molar refractivity (Wildman–Crippen MR) is 93.4 cm³/mol. The Morgan fingerprint density at radius 3 is 2.68 bits per heavy atom. The second-order valence-electron chi connectivity index (χ2n) is 5.42. The van der Waals surface area contributed by atoms with E-state index in [1.807, 2.05) is 0 Å². The summed E-state index contributed by atoms with van der Waals surface area (Å²) in [5.74, 6) is -0.573. The molecule has 0 fully saturated rings. The van der Waals surface area contributed by atoms with E-state index in [0.29, 0.717) is 0 Å². The van der Waals surface area contributed by atoms with Crippen molar-refractivity contribution >= 4 is 44.6 Å². The number of ether oxygens (including phenoxy) is 1. The number of nitrogens with one attached hydrogen (secondary N) is 2. The van der Waals surface area contributed by atoms with Gasteiger partial charge in [0.2, 0.25) is 0 Å². The Kier molecular flexibility index (Phi) is 4.72. The van der Waals surface area contributed by atoms with E-state index in [0.717, 1.165) is 12.1 Å². The lowest BCUT2D eigenvalue weighted by Gasteiger charge is -2.31. The van der Waals surface area contributed by atoms with Gasteiger partial charge in [0, 0.05) is 5.02 Å². The summed E-state index contributed by atoms with van der Waals surface area (Å²) in [6.07, 6.45) is -1.70. The Morgan fingerprint density at radius 2 is 2.00 bits per heavy atom. The quantitative estimate of drug-likeness (QED) is 0.726. The van der Waals surface area contributed by atoms with Crippen LogP contribution in [-0.4, -0.2) is 25.9 Å². The molecule has 3 rings (SSSR count). The van der Waals surface area contributed by atoms with Gasteiger partial charge in [0.1, 0.15) is 16.8 Å². The molecule has 2 atom stereocenters. The standard InChI is InChI=1S/C15H13Cl2FN2O4S/c1-7-15(21)19-12-4-8(16)5-13(14(12)24-7)25(22,23)20-11-3-2-9(18)6-10(11)17/h2-7,15,19-21H,1H3. The number of sulfonamides is 1. The zero-order chi connectivity index (χ0) is 18.4. The van der Waals surface area contributed by atoms with E-state index in [4.69, 9.17) is 27.9 Å². The summed E-state index contributed by atoms with van der Waals surface area (Å²) in [7, 11) is -4.14. The van der Waals surface area contributed by atoms with Crippen molar-refractivity contribution in [1.29, 1.82) is 0 Å². The van der Waals surface area contributed by atoms with Gasteiger partial charge in [-0.2, -0.15) is 0 Å². The van der Waals surface area contributed by atoms with Crippen molar-refractivity contribution < 1.29 is 22.7 Å². The molecule has 0 saturated heterocycles. The Bertz CT molecular complexity index is 939. The lowest BCUT2D eigenvalue weighted by atomic mass is 10.2. The normalized spacial score (nSPS) is 19.6. The smallest absolute Gasteiger partial charge is 0.265 e. The van der Waals surface area contributed by atoms with Crippen LogP contribution >= 0.6 is 23.2 Å². The van der Waals surface area contributed by atoms with Gasteiger partial charge in [0.15, 0.2) is 12.0 Å². The third-order valence-corrected chi connectivity index (χ3v) is 5.44. The van der Waals surface area contributed by atoms with Gasteiger partial charge in [-0.25, -0.2) is 12.8 Å². The molecule has 0 bridgehead atoms. The molecule has 0 saturated carbocycles. The maximum absolute atomic E-state index is 13.1. The summed E-state index contributed by atoms with van der Waals surface area (Å²) in [5.41, 5.74) is 0.248. The van der Waals surface area contributed by atoms with Crippen LogP contribution in [0.4, 0.5) is 15.8 Å². The molecule has 2 aromatic rings. The second kappa shape index (κ2) is 6.53. The number of benzene rings is 2. The molecular formula is C15H13Cl2FN2O4S. The number of rotatable bonds is 3. The van der Waals surface area contributed by atoms with E-state index in [-0.39, 0.29) is 32.1 Å². The van der Waals surface area contributed by atoms with Crippen LogP contribution in [0, 0.1) is 5.82 Å². The molecule has 0 aromatic heterocycles. The van der Waals surface area contributed by atoms with Gasteiger partial charge in [-0.1, -0.05) is 23.2 Å². The maximum Gasteiger partial charge on any atom is 0.265 e. The number of anilines is 2. The van der Waals surface area contributed by atoms with E-state index < -0.39 is 28.2 Å². The van der Waals surface area contributed by atoms with E-state index in [1.165, 1.54) is 18.2 Å². The molecule has 2 unspecified atom stereocenters. The molecule has 10 heteroatoms. The summed E-state index contributed by atoms with van der Waals surface area (Å²) in [5, 5.41) is 12.6. The van der Waals surface area contributed by atoms with Crippen LogP contribution in [0.15, 0.2) is 35.2 Å². The van der Waals surface area contributed by atoms with Crippen molar-refractivity contribution in [2.45, 2.75) is 24.2 Å². The van der Waals surface area contributed by atoms with Gasteiger partial charge in [-0.3, -0.25) is 4.72 Å². The summed E-state index contributed by atoms with van der Waals surface area (Å²) in [4.78, 5) is -0.235. The number of halogens is 3. The molecule has 1 aliphatic heterocycles. The van der Waals surface area contributed by atoms with Gasteiger partial charge in [0.05, 0.1) is 16.4 Å². The number of aliphatic hydroxyl groups is 1. The monoisotopic (exact) mass is 406 g/mol. The molecule has 134 valence electrons. The minimum absolute atomic E-state index is 0.00800. The number of fused-ring (bicyclic) bond motifs is 1. The molecule has 2 aromatic carbocycles. The predicted octanol–water partition coefficient (Wildman–Crippen LogP) is 3.44. The van der Waals surface area contributed by atoms with Crippen molar-refractivity contribution in [2.75, 3.05) is 10.0 Å². The van der Waals surface area contributed by atoms with Crippen molar-refractivity contribution in [3.8, 4) is 5.75 Å². The third-order valence-electron chi connectivity index (χ3n) is 3.54. The van der Waals surface area contributed by atoms with Gasteiger partial charge >= 0.3 is 0 Å². The van der Waals surface area contributed by atoms with Gasteiger partial charge in [-0.15, -0.1) is 0 Å². The number of aliphatic hydroxyl groups excluding tert-OH is 1. The van der Waals surface area contributed by atoms with Crippen molar-refractivity contribution in [2.24, 2.45) is 0 Å². The van der Waals surface area contributed by atoms with Gasteiger partial charge in [-0.05, 0) is 37.3 Å². The zero-order valence-corrected chi connectivity index (χ0v) is 15.1. The van der Waals surface area contributed by atoms with E-state index >= 15 is 0 Å². The van der Waals surface area contributed by atoms with Crippen LogP contribution in [0.25, 0.3) is 0 Å². The lowest BCUT2D eigenvalue weighted by Crippen LogP contribution is -2.39. The first kappa shape index (κ1) is 18.1. The van der Waals surface area contributed by atoms with Gasteiger partial charge < -0.3 is 15.2 Å². The molecule has 0 aliphatic carbocycles. The molecule has 3 N–H and O–H groups in total. The summed E-state index contributed by atoms with van der Waals surface area (Å²) < 4.78 is 46.4. The van der Waals surface area contributed by atoms with E-state index in [1.54, 1.807) is 6.92 Å². The van der Waals surface area contributed by atoms with Crippen molar-refractivity contribution in [3.63, 3.8) is 0 Å². The van der Waals surface area contributed by atoms with Crippen LogP contribution in [0.2, 0.25) is 10.0 Å². The highest BCUT2D eigenvalue weighted by Gasteiger charge is 2.31. The van der Waals surface area contributed by atoms with E-state index in [9.17, 15) is 17.9 Å². The summed E-state index contributed by atoms with van der Waals surface area (Å²) >= 11 is 11.9.